The second-order valence-corrected chi connectivity index (χ2v) is 6.78. The Morgan fingerprint density at radius 1 is 0.964 bits per heavy atom. The number of ether oxygens (including phenoxy) is 6. The first-order chi connectivity index (χ1) is 13.7. The first-order valence-corrected chi connectivity index (χ1v) is 8.81. The van der Waals surface area contributed by atoms with E-state index in [-0.39, 0.29) is 32.1 Å². The highest BCUT2D eigenvalue weighted by Crippen LogP contribution is 2.51. The van der Waals surface area contributed by atoms with Crippen molar-refractivity contribution in [2.45, 2.75) is 5.92 Å². The third kappa shape index (κ3) is 2.02. The first-order valence-electron chi connectivity index (χ1n) is 8.81. The molecule has 0 bridgehead atoms. The maximum Gasteiger partial charge on any atom is 0.337 e. The molecule has 1 atom stereocenters. The first kappa shape index (κ1) is 15.5. The van der Waals surface area contributed by atoms with Crippen LogP contribution in [0.3, 0.4) is 0 Å². The van der Waals surface area contributed by atoms with E-state index in [0.717, 1.165) is 22.5 Å². The fourth-order valence-electron chi connectivity index (χ4n) is 4.10. The van der Waals surface area contributed by atoms with Crippen LogP contribution in [0.25, 0.3) is 0 Å². The van der Waals surface area contributed by atoms with Gasteiger partial charge in [-0.05, 0) is 29.3 Å². The molecule has 0 radical (unpaired) electrons. The van der Waals surface area contributed by atoms with Crippen LogP contribution >= 0.6 is 0 Å². The minimum atomic E-state index is -0.362. The van der Waals surface area contributed by atoms with Crippen molar-refractivity contribution in [2.24, 2.45) is 0 Å². The Morgan fingerprint density at radius 2 is 1.75 bits per heavy atom. The Kier molecular flexibility index (Phi) is 3.03. The number of methoxy groups -OCH3 is 1. The van der Waals surface area contributed by atoms with Gasteiger partial charge in [0.05, 0.1) is 18.4 Å². The Balaban J connectivity index is 1.58. The number of benzene rings is 2. The Hall–Kier alpha value is -3.55. The standard InChI is InChI=1S/C20H15NO7/c1-23-15-2-9(3-16-19(15)28-8-27-16)17-10-4-13-14(26-7-25-13)5-11(10)21-12-6-24-20(22)18(12)17/h2-5,17,21H,6-8H2,1H3/t17-/m1/s1. The number of carbonyl (C=O) groups excluding carboxylic acids is 1. The SMILES string of the molecule is COc1cc([C@H]2C3=C(COC3=O)Nc3cc4c(cc32)OCO4)cc2c1OCO2. The molecule has 8 nitrogen and oxygen atoms in total. The van der Waals surface area contributed by atoms with Crippen LogP contribution in [0, 0.1) is 0 Å². The van der Waals surface area contributed by atoms with E-state index in [1.807, 2.05) is 24.3 Å². The molecule has 0 unspecified atom stereocenters. The molecule has 0 fully saturated rings. The number of cyclic esters (lactones) is 1. The molecule has 0 saturated carbocycles. The topological polar surface area (TPSA) is 84.5 Å². The summed E-state index contributed by atoms with van der Waals surface area (Å²) in [6.07, 6.45) is 0. The highest BCUT2D eigenvalue weighted by Gasteiger charge is 2.40. The van der Waals surface area contributed by atoms with Gasteiger partial charge < -0.3 is 33.7 Å². The number of esters is 1. The van der Waals surface area contributed by atoms with Crippen LogP contribution in [0.4, 0.5) is 5.69 Å². The lowest BCUT2D eigenvalue weighted by Gasteiger charge is -2.27. The molecular formula is C20H15NO7. The van der Waals surface area contributed by atoms with Gasteiger partial charge in [-0.2, -0.15) is 0 Å². The Labute approximate surface area is 159 Å². The van der Waals surface area contributed by atoms with Crippen LogP contribution in [0.2, 0.25) is 0 Å². The number of hydrogen-bond acceptors (Lipinski definition) is 8. The van der Waals surface area contributed by atoms with E-state index in [9.17, 15) is 4.79 Å². The fourth-order valence-corrected chi connectivity index (χ4v) is 4.10. The highest BCUT2D eigenvalue weighted by molar-refractivity contribution is 5.97. The van der Waals surface area contributed by atoms with Crippen LogP contribution < -0.4 is 29.0 Å². The Morgan fingerprint density at radius 3 is 2.61 bits per heavy atom. The van der Waals surface area contributed by atoms with E-state index < -0.39 is 0 Å². The van der Waals surface area contributed by atoms with Crippen LogP contribution in [0.1, 0.15) is 17.0 Å². The van der Waals surface area contributed by atoms with E-state index in [4.69, 9.17) is 28.4 Å². The van der Waals surface area contributed by atoms with Crippen molar-refractivity contribution >= 4 is 11.7 Å². The molecule has 0 saturated heterocycles. The summed E-state index contributed by atoms with van der Waals surface area (Å²) in [4.78, 5) is 12.6. The van der Waals surface area contributed by atoms with E-state index in [1.54, 1.807) is 7.11 Å². The summed E-state index contributed by atoms with van der Waals surface area (Å²) in [7, 11) is 1.57. The van der Waals surface area contributed by atoms with Gasteiger partial charge in [-0.3, -0.25) is 0 Å². The molecule has 4 aliphatic rings. The van der Waals surface area contributed by atoms with Gasteiger partial charge in [-0.15, -0.1) is 0 Å². The monoisotopic (exact) mass is 381 g/mol. The van der Waals surface area contributed by atoms with Crippen molar-refractivity contribution < 1.29 is 33.2 Å². The van der Waals surface area contributed by atoms with Crippen molar-refractivity contribution in [3.05, 3.63) is 46.7 Å². The van der Waals surface area contributed by atoms with Crippen molar-refractivity contribution in [2.75, 3.05) is 32.6 Å². The molecule has 142 valence electrons. The van der Waals surface area contributed by atoms with Crippen molar-refractivity contribution in [3.63, 3.8) is 0 Å². The predicted octanol–water partition coefficient (Wildman–Crippen LogP) is 2.52. The maximum absolute atomic E-state index is 12.6. The molecule has 2 aromatic rings. The Bertz CT molecular complexity index is 1070. The molecule has 28 heavy (non-hydrogen) atoms. The van der Waals surface area contributed by atoms with Gasteiger partial charge in [0.2, 0.25) is 19.3 Å². The molecule has 8 heteroatoms. The maximum atomic E-state index is 12.6. The summed E-state index contributed by atoms with van der Waals surface area (Å²) in [6.45, 7) is 0.517. The summed E-state index contributed by atoms with van der Waals surface area (Å²) in [5, 5.41) is 3.31. The lowest BCUT2D eigenvalue weighted by Crippen LogP contribution is -2.20. The minimum absolute atomic E-state index is 0.132. The summed E-state index contributed by atoms with van der Waals surface area (Å²) in [6, 6.07) is 7.54. The van der Waals surface area contributed by atoms with Gasteiger partial charge in [0.15, 0.2) is 23.0 Å². The summed E-state index contributed by atoms with van der Waals surface area (Å²) in [5.74, 6) is 2.32. The quantitative estimate of drug-likeness (QED) is 0.795. The van der Waals surface area contributed by atoms with Gasteiger partial charge >= 0.3 is 5.97 Å². The summed E-state index contributed by atoms with van der Waals surface area (Å²) >= 11 is 0. The average Bonchev–Trinajstić information content (AvgIpc) is 3.43. The van der Waals surface area contributed by atoms with Crippen LogP contribution in [0.15, 0.2) is 35.5 Å². The molecule has 2 aromatic carbocycles. The van der Waals surface area contributed by atoms with Gasteiger partial charge in [0, 0.05) is 17.7 Å². The van der Waals surface area contributed by atoms with E-state index in [0.29, 0.717) is 34.3 Å². The average molecular weight is 381 g/mol. The number of fused-ring (bicyclic) bond motifs is 3. The molecule has 4 aliphatic heterocycles. The highest BCUT2D eigenvalue weighted by atomic mass is 16.7. The lowest BCUT2D eigenvalue weighted by atomic mass is 9.81. The molecule has 0 aromatic heterocycles. The molecule has 0 spiro atoms. The van der Waals surface area contributed by atoms with Gasteiger partial charge in [-0.1, -0.05) is 0 Å². The van der Waals surface area contributed by atoms with Crippen LogP contribution in [-0.4, -0.2) is 33.3 Å². The molecule has 0 amide bonds. The zero-order valence-corrected chi connectivity index (χ0v) is 14.9. The van der Waals surface area contributed by atoms with Crippen LogP contribution in [-0.2, 0) is 9.53 Å². The molecule has 4 heterocycles. The third-order valence-corrected chi connectivity index (χ3v) is 5.34. The minimum Gasteiger partial charge on any atom is -0.493 e. The smallest absolute Gasteiger partial charge is 0.337 e. The molecular weight excluding hydrogens is 366 g/mol. The van der Waals surface area contributed by atoms with Crippen LogP contribution in [0.5, 0.6) is 28.7 Å². The van der Waals surface area contributed by atoms with E-state index >= 15 is 0 Å². The van der Waals surface area contributed by atoms with Gasteiger partial charge in [0.1, 0.15) is 6.61 Å². The van der Waals surface area contributed by atoms with Crippen molar-refractivity contribution in [3.8, 4) is 28.7 Å². The van der Waals surface area contributed by atoms with E-state index in [2.05, 4.69) is 5.32 Å². The predicted molar refractivity (Wildman–Crippen MR) is 95.1 cm³/mol. The number of hydrogen-bond donors (Lipinski definition) is 1. The second kappa shape index (κ2) is 5.48. The zero-order chi connectivity index (χ0) is 18.8. The summed E-state index contributed by atoms with van der Waals surface area (Å²) < 4.78 is 32.9. The normalized spacial score (nSPS) is 20.5. The summed E-state index contributed by atoms with van der Waals surface area (Å²) in [5.41, 5.74) is 3.91. The number of rotatable bonds is 2. The number of nitrogens with one attached hydrogen (secondary N) is 1. The number of anilines is 1. The van der Waals surface area contributed by atoms with E-state index in [1.165, 1.54) is 0 Å². The largest absolute Gasteiger partial charge is 0.493 e. The number of carbonyl (C=O) groups is 1. The van der Waals surface area contributed by atoms with Gasteiger partial charge in [0.25, 0.3) is 0 Å². The fraction of sp³-hybridized carbons (Fsp3) is 0.250. The van der Waals surface area contributed by atoms with Gasteiger partial charge in [-0.25, -0.2) is 4.79 Å². The second-order valence-electron chi connectivity index (χ2n) is 6.78. The molecule has 0 aliphatic carbocycles. The zero-order valence-electron chi connectivity index (χ0n) is 14.9. The molecule has 6 rings (SSSR count). The lowest BCUT2D eigenvalue weighted by molar-refractivity contribution is -0.136. The molecule has 1 N–H and O–H groups in total. The van der Waals surface area contributed by atoms with Crippen molar-refractivity contribution in [1.82, 2.24) is 0 Å². The third-order valence-electron chi connectivity index (χ3n) is 5.34. The van der Waals surface area contributed by atoms with Crippen molar-refractivity contribution in [1.29, 1.82) is 0 Å².